The van der Waals surface area contributed by atoms with Crippen LogP contribution < -0.4 is 11.1 Å². The molecule has 0 bridgehead atoms. The lowest BCUT2D eigenvalue weighted by atomic mass is 9.97. The second kappa shape index (κ2) is 6.38. The van der Waals surface area contributed by atoms with Crippen molar-refractivity contribution in [3.63, 3.8) is 0 Å². The van der Waals surface area contributed by atoms with E-state index in [9.17, 15) is 0 Å². The largest absolute Gasteiger partial charge is 0.330 e. The van der Waals surface area contributed by atoms with Crippen molar-refractivity contribution in [2.75, 3.05) is 39.3 Å². The molecule has 1 aliphatic heterocycles. The first-order valence-corrected chi connectivity index (χ1v) is 5.85. The quantitative estimate of drug-likeness (QED) is 0.678. The molecule has 0 amide bonds. The van der Waals surface area contributed by atoms with Crippen molar-refractivity contribution in [2.24, 2.45) is 17.6 Å². The van der Waals surface area contributed by atoms with Crippen molar-refractivity contribution < 1.29 is 0 Å². The summed E-state index contributed by atoms with van der Waals surface area (Å²) >= 11 is 0. The van der Waals surface area contributed by atoms with Gasteiger partial charge >= 0.3 is 0 Å². The molecule has 1 aliphatic rings. The van der Waals surface area contributed by atoms with Crippen LogP contribution in [0.4, 0.5) is 0 Å². The molecule has 3 heteroatoms. The summed E-state index contributed by atoms with van der Waals surface area (Å²) in [6, 6.07) is 0. The highest BCUT2D eigenvalue weighted by Gasteiger charge is 2.14. The van der Waals surface area contributed by atoms with E-state index in [-0.39, 0.29) is 0 Å². The van der Waals surface area contributed by atoms with Gasteiger partial charge < -0.3 is 16.0 Å². The third-order valence-corrected chi connectivity index (χ3v) is 2.99. The molecule has 2 atom stereocenters. The second-order valence-electron chi connectivity index (χ2n) is 4.73. The molecule has 14 heavy (non-hydrogen) atoms. The zero-order valence-electron chi connectivity index (χ0n) is 9.63. The number of nitrogens with two attached hydrogens (primary N) is 1. The summed E-state index contributed by atoms with van der Waals surface area (Å²) in [6.07, 6.45) is 1.26. The average molecular weight is 199 g/mol. The standard InChI is InChI=1S/C11H25N3/c1-10(8-12)7-11(2)9-14-5-3-13-4-6-14/h10-11,13H,3-9,12H2,1-2H3. The summed E-state index contributed by atoms with van der Waals surface area (Å²) in [6.45, 7) is 11.4. The van der Waals surface area contributed by atoms with Crippen molar-refractivity contribution in [3.05, 3.63) is 0 Å². The Morgan fingerprint density at radius 1 is 1.21 bits per heavy atom. The Morgan fingerprint density at radius 3 is 2.43 bits per heavy atom. The minimum absolute atomic E-state index is 0.674. The van der Waals surface area contributed by atoms with Crippen LogP contribution in [0.1, 0.15) is 20.3 Å². The highest BCUT2D eigenvalue weighted by atomic mass is 15.2. The van der Waals surface area contributed by atoms with Gasteiger partial charge in [0.1, 0.15) is 0 Å². The Morgan fingerprint density at radius 2 is 1.86 bits per heavy atom. The molecule has 0 aliphatic carbocycles. The predicted molar refractivity (Wildman–Crippen MR) is 61.3 cm³/mol. The lowest BCUT2D eigenvalue weighted by molar-refractivity contribution is 0.199. The van der Waals surface area contributed by atoms with Crippen LogP contribution in [0.2, 0.25) is 0 Å². The van der Waals surface area contributed by atoms with Gasteiger partial charge in [0.15, 0.2) is 0 Å². The third-order valence-electron chi connectivity index (χ3n) is 2.99. The molecule has 0 aromatic carbocycles. The van der Waals surface area contributed by atoms with Crippen LogP contribution in [0.5, 0.6) is 0 Å². The van der Waals surface area contributed by atoms with E-state index in [1.807, 2.05) is 0 Å². The molecule has 3 nitrogen and oxygen atoms in total. The summed E-state index contributed by atoms with van der Waals surface area (Å²) in [5.41, 5.74) is 5.63. The number of piperazine rings is 1. The number of nitrogens with one attached hydrogen (secondary N) is 1. The number of hydrogen-bond acceptors (Lipinski definition) is 3. The summed E-state index contributed by atoms with van der Waals surface area (Å²) in [5.74, 6) is 1.46. The SMILES string of the molecule is CC(CN)CC(C)CN1CCNCC1. The Hall–Kier alpha value is -0.120. The molecule has 0 aromatic rings. The fourth-order valence-corrected chi connectivity index (χ4v) is 2.19. The van der Waals surface area contributed by atoms with Crippen LogP contribution in [-0.4, -0.2) is 44.2 Å². The molecule has 84 valence electrons. The van der Waals surface area contributed by atoms with Crippen molar-refractivity contribution >= 4 is 0 Å². The lowest BCUT2D eigenvalue weighted by Gasteiger charge is -2.30. The van der Waals surface area contributed by atoms with Gasteiger partial charge in [-0.1, -0.05) is 13.8 Å². The highest BCUT2D eigenvalue weighted by molar-refractivity contribution is 4.71. The first kappa shape index (κ1) is 12.0. The first-order valence-electron chi connectivity index (χ1n) is 5.85. The number of hydrogen-bond donors (Lipinski definition) is 2. The normalized spacial score (nSPS) is 23.4. The Kier molecular flexibility index (Phi) is 5.45. The van der Waals surface area contributed by atoms with Crippen molar-refractivity contribution in [1.29, 1.82) is 0 Å². The molecule has 0 aromatic heterocycles. The fourth-order valence-electron chi connectivity index (χ4n) is 2.19. The summed E-state index contributed by atoms with van der Waals surface area (Å²) < 4.78 is 0. The van der Waals surface area contributed by atoms with Gasteiger partial charge in [-0.25, -0.2) is 0 Å². The number of rotatable bonds is 5. The van der Waals surface area contributed by atoms with E-state index < -0.39 is 0 Å². The van der Waals surface area contributed by atoms with Gasteiger partial charge in [-0.2, -0.15) is 0 Å². The molecule has 1 heterocycles. The van der Waals surface area contributed by atoms with Gasteiger partial charge in [0, 0.05) is 32.7 Å². The zero-order valence-corrected chi connectivity index (χ0v) is 9.63. The average Bonchev–Trinajstić information content (AvgIpc) is 2.19. The molecular formula is C11H25N3. The summed E-state index contributed by atoms with van der Waals surface area (Å²) in [4.78, 5) is 2.56. The van der Waals surface area contributed by atoms with Crippen LogP contribution in [0.3, 0.4) is 0 Å². The maximum Gasteiger partial charge on any atom is 0.0107 e. The molecule has 1 rings (SSSR count). The van der Waals surface area contributed by atoms with Gasteiger partial charge in [0.05, 0.1) is 0 Å². The van der Waals surface area contributed by atoms with E-state index in [0.717, 1.165) is 25.6 Å². The maximum absolute atomic E-state index is 5.63. The molecular weight excluding hydrogens is 174 g/mol. The molecule has 1 saturated heterocycles. The van der Waals surface area contributed by atoms with E-state index in [1.165, 1.54) is 26.1 Å². The predicted octanol–water partition coefficient (Wildman–Crippen LogP) is 0.513. The summed E-state index contributed by atoms with van der Waals surface area (Å²) in [7, 11) is 0. The molecule has 1 fully saturated rings. The fraction of sp³-hybridized carbons (Fsp3) is 1.00. The third kappa shape index (κ3) is 4.40. The topological polar surface area (TPSA) is 41.3 Å². The van der Waals surface area contributed by atoms with Crippen LogP contribution in [0.15, 0.2) is 0 Å². The second-order valence-corrected chi connectivity index (χ2v) is 4.73. The highest BCUT2D eigenvalue weighted by Crippen LogP contribution is 2.12. The van der Waals surface area contributed by atoms with Gasteiger partial charge in [-0.3, -0.25) is 0 Å². The van der Waals surface area contributed by atoms with Crippen molar-refractivity contribution in [2.45, 2.75) is 20.3 Å². The van der Waals surface area contributed by atoms with Crippen LogP contribution >= 0.6 is 0 Å². The van der Waals surface area contributed by atoms with Crippen LogP contribution in [0, 0.1) is 11.8 Å². The monoisotopic (exact) mass is 199 g/mol. The maximum atomic E-state index is 5.63. The van der Waals surface area contributed by atoms with Crippen molar-refractivity contribution in [1.82, 2.24) is 10.2 Å². The summed E-state index contributed by atoms with van der Waals surface area (Å²) in [5, 5.41) is 3.38. The van der Waals surface area contributed by atoms with E-state index >= 15 is 0 Å². The van der Waals surface area contributed by atoms with Gasteiger partial charge in [0.2, 0.25) is 0 Å². The first-order chi connectivity index (χ1) is 6.72. The van der Waals surface area contributed by atoms with E-state index in [0.29, 0.717) is 5.92 Å². The molecule has 2 unspecified atom stereocenters. The Labute approximate surface area is 88.0 Å². The van der Waals surface area contributed by atoms with E-state index in [2.05, 4.69) is 24.1 Å². The smallest absolute Gasteiger partial charge is 0.0107 e. The van der Waals surface area contributed by atoms with Gasteiger partial charge in [-0.05, 0) is 24.8 Å². The van der Waals surface area contributed by atoms with Crippen molar-refractivity contribution in [3.8, 4) is 0 Å². The van der Waals surface area contributed by atoms with E-state index in [1.54, 1.807) is 0 Å². The number of nitrogens with zero attached hydrogens (tertiary/aromatic N) is 1. The molecule has 0 spiro atoms. The van der Waals surface area contributed by atoms with Gasteiger partial charge in [-0.15, -0.1) is 0 Å². The molecule has 3 N–H and O–H groups in total. The lowest BCUT2D eigenvalue weighted by Crippen LogP contribution is -2.45. The van der Waals surface area contributed by atoms with Crippen LogP contribution in [-0.2, 0) is 0 Å². The molecule has 0 radical (unpaired) electrons. The minimum atomic E-state index is 0.674. The minimum Gasteiger partial charge on any atom is -0.330 e. The van der Waals surface area contributed by atoms with Gasteiger partial charge in [0.25, 0.3) is 0 Å². The molecule has 0 saturated carbocycles. The Balaban J connectivity index is 2.14. The Bertz CT molecular complexity index is 143. The van der Waals surface area contributed by atoms with Crippen LogP contribution in [0.25, 0.3) is 0 Å². The van der Waals surface area contributed by atoms with E-state index in [4.69, 9.17) is 5.73 Å². The zero-order chi connectivity index (χ0) is 10.4.